The number of carbonyl (C=O) groups excluding carboxylic acids is 1. The summed E-state index contributed by atoms with van der Waals surface area (Å²) in [6.45, 7) is 1.28. The largest absolute Gasteiger partial charge is 0.335 e. The molecule has 0 bridgehead atoms. The first-order valence-corrected chi connectivity index (χ1v) is 9.58. The summed E-state index contributed by atoms with van der Waals surface area (Å²) < 4.78 is 26.6. The quantitative estimate of drug-likeness (QED) is 0.877. The fraction of sp³-hybridized carbons (Fsp3) is 0.500. The molecule has 6 nitrogen and oxygen atoms in total. The van der Waals surface area contributed by atoms with Crippen LogP contribution in [0.1, 0.15) is 12.8 Å². The van der Waals surface area contributed by atoms with E-state index in [4.69, 9.17) is 23.2 Å². The van der Waals surface area contributed by atoms with Crippen LogP contribution < -0.4 is 5.32 Å². The molecular weight excluding hydrogens is 361 g/mol. The van der Waals surface area contributed by atoms with Gasteiger partial charge < -0.3 is 10.2 Å². The zero-order chi connectivity index (χ0) is 16.6. The molecule has 1 aliphatic heterocycles. The number of nitrogens with zero attached hydrogens (tertiary/aromatic N) is 2. The Morgan fingerprint density at radius 1 is 1.09 bits per heavy atom. The van der Waals surface area contributed by atoms with Crippen LogP contribution in [0.5, 0.6) is 0 Å². The second-order valence-corrected chi connectivity index (χ2v) is 8.44. The van der Waals surface area contributed by atoms with Crippen molar-refractivity contribution in [3.05, 3.63) is 28.2 Å². The second kappa shape index (κ2) is 6.47. The lowest BCUT2D eigenvalue weighted by Gasteiger charge is -2.34. The molecule has 2 amide bonds. The fourth-order valence-corrected chi connectivity index (χ4v) is 4.22. The van der Waals surface area contributed by atoms with Gasteiger partial charge in [-0.15, -0.1) is 0 Å². The second-order valence-electron chi connectivity index (χ2n) is 5.69. The maximum Gasteiger partial charge on any atom is 0.317 e. The van der Waals surface area contributed by atoms with E-state index in [1.165, 1.54) is 22.5 Å². The number of hydrogen-bond donors (Lipinski definition) is 1. The molecule has 1 heterocycles. The summed E-state index contributed by atoms with van der Waals surface area (Å²) in [6, 6.07) is 4.44. The Labute approximate surface area is 145 Å². The lowest BCUT2D eigenvalue weighted by molar-refractivity contribution is 0.172. The van der Waals surface area contributed by atoms with Crippen molar-refractivity contribution in [2.24, 2.45) is 0 Å². The minimum absolute atomic E-state index is 0.112. The Morgan fingerprint density at radius 2 is 1.74 bits per heavy atom. The number of amides is 2. The van der Waals surface area contributed by atoms with Crippen LogP contribution in [0.15, 0.2) is 23.1 Å². The van der Waals surface area contributed by atoms with Gasteiger partial charge in [-0.05, 0) is 31.0 Å². The molecule has 2 fully saturated rings. The molecule has 1 N–H and O–H groups in total. The minimum Gasteiger partial charge on any atom is -0.335 e. The third-order valence-electron chi connectivity index (χ3n) is 3.96. The molecular formula is C14H17Cl2N3O3S. The van der Waals surface area contributed by atoms with E-state index in [-0.39, 0.29) is 29.0 Å². The highest BCUT2D eigenvalue weighted by molar-refractivity contribution is 7.89. The fourth-order valence-electron chi connectivity index (χ4n) is 2.41. The highest BCUT2D eigenvalue weighted by Gasteiger charge is 2.32. The maximum atomic E-state index is 12.6. The van der Waals surface area contributed by atoms with Gasteiger partial charge in [-0.1, -0.05) is 23.2 Å². The van der Waals surface area contributed by atoms with E-state index in [1.54, 1.807) is 4.90 Å². The summed E-state index contributed by atoms with van der Waals surface area (Å²) >= 11 is 11.7. The first-order valence-electron chi connectivity index (χ1n) is 7.38. The van der Waals surface area contributed by atoms with Crippen molar-refractivity contribution in [2.45, 2.75) is 23.8 Å². The normalized spacial score (nSPS) is 19.7. The number of benzene rings is 1. The SMILES string of the molecule is O=C(NC1CC1)N1CCN(S(=O)(=O)c2ccc(Cl)c(Cl)c2)CC1. The number of nitrogens with one attached hydrogen (secondary N) is 1. The Morgan fingerprint density at radius 3 is 2.30 bits per heavy atom. The number of urea groups is 1. The molecule has 2 aliphatic rings. The van der Waals surface area contributed by atoms with Crippen molar-refractivity contribution in [2.75, 3.05) is 26.2 Å². The van der Waals surface area contributed by atoms with E-state index in [0.29, 0.717) is 24.2 Å². The van der Waals surface area contributed by atoms with Crippen molar-refractivity contribution >= 4 is 39.3 Å². The molecule has 9 heteroatoms. The number of halogens is 2. The third-order valence-corrected chi connectivity index (χ3v) is 6.59. The molecule has 126 valence electrons. The highest BCUT2D eigenvalue weighted by Crippen LogP contribution is 2.27. The molecule has 0 atom stereocenters. The van der Waals surface area contributed by atoms with Crippen molar-refractivity contribution in [3.63, 3.8) is 0 Å². The topological polar surface area (TPSA) is 69.7 Å². The van der Waals surface area contributed by atoms with Gasteiger partial charge in [0.1, 0.15) is 0 Å². The molecule has 1 aromatic rings. The van der Waals surface area contributed by atoms with Crippen LogP contribution in [0.3, 0.4) is 0 Å². The van der Waals surface area contributed by atoms with Gasteiger partial charge in [0.25, 0.3) is 0 Å². The molecule has 0 aromatic heterocycles. The summed E-state index contributed by atoms with van der Waals surface area (Å²) in [4.78, 5) is 13.7. The van der Waals surface area contributed by atoms with Gasteiger partial charge in [0.15, 0.2) is 0 Å². The predicted octanol–water partition coefficient (Wildman–Crippen LogP) is 2.17. The smallest absolute Gasteiger partial charge is 0.317 e. The Balaban J connectivity index is 1.65. The van der Waals surface area contributed by atoms with E-state index in [1.807, 2.05) is 0 Å². The van der Waals surface area contributed by atoms with Crippen molar-refractivity contribution in [3.8, 4) is 0 Å². The molecule has 23 heavy (non-hydrogen) atoms. The highest BCUT2D eigenvalue weighted by atomic mass is 35.5. The van der Waals surface area contributed by atoms with Gasteiger partial charge in [0.05, 0.1) is 14.9 Å². The number of rotatable bonds is 3. The van der Waals surface area contributed by atoms with Crippen LogP contribution in [-0.2, 0) is 10.0 Å². The maximum absolute atomic E-state index is 12.6. The van der Waals surface area contributed by atoms with Gasteiger partial charge in [-0.25, -0.2) is 13.2 Å². The summed E-state index contributed by atoms with van der Waals surface area (Å²) in [7, 11) is -3.63. The van der Waals surface area contributed by atoms with Gasteiger partial charge in [-0.2, -0.15) is 4.31 Å². The number of piperazine rings is 1. The van der Waals surface area contributed by atoms with E-state index < -0.39 is 10.0 Å². The molecule has 1 aliphatic carbocycles. The van der Waals surface area contributed by atoms with Crippen molar-refractivity contribution < 1.29 is 13.2 Å². The number of sulfonamides is 1. The predicted molar refractivity (Wildman–Crippen MR) is 88.3 cm³/mol. The van der Waals surface area contributed by atoms with Gasteiger partial charge in [-0.3, -0.25) is 0 Å². The minimum atomic E-state index is -3.63. The average Bonchev–Trinajstić information content (AvgIpc) is 3.34. The summed E-state index contributed by atoms with van der Waals surface area (Å²) in [6.07, 6.45) is 2.05. The van der Waals surface area contributed by atoms with Crippen LogP contribution in [0.2, 0.25) is 10.0 Å². The van der Waals surface area contributed by atoms with E-state index in [2.05, 4.69) is 5.32 Å². The Bertz CT molecular complexity index is 714. The van der Waals surface area contributed by atoms with Gasteiger partial charge >= 0.3 is 6.03 Å². The van der Waals surface area contributed by atoms with E-state index in [0.717, 1.165) is 12.8 Å². The lowest BCUT2D eigenvalue weighted by Crippen LogP contribution is -2.53. The monoisotopic (exact) mass is 377 g/mol. The van der Waals surface area contributed by atoms with E-state index >= 15 is 0 Å². The Kier molecular flexibility index (Phi) is 4.73. The molecule has 1 aromatic carbocycles. The zero-order valence-electron chi connectivity index (χ0n) is 12.3. The lowest BCUT2D eigenvalue weighted by atomic mass is 10.4. The number of hydrogen-bond acceptors (Lipinski definition) is 3. The summed E-state index contributed by atoms with van der Waals surface area (Å²) in [5, 5.41) is 3.43. The molecule has 0 radical (unpaired) electrons. The molecule has 3 rings (SSSR count). The first kappa shape index (κ1) is 16.8. The van der Waals surface area contributed by atoms with Gasteiger partial charge in [0, 0.05) is 32.2 Å². The van der Waals surface area contributed by atoms with Crippen molar-refractivity contribution in [1.82, 2.24) is 14.5 Å². The molecule has 0 spiro atoms. The van der Waals surface area contributed by atoms with Crippen LogP contribution in [0, 0.1) is 0 Å². The van der Waals surface area contributed by atoms with Crippen LogP contribution in [0.4, 0.5) is 4.79 Å². The summed E-state index contributed by atoms with van der Waals surface area (Å²) in [5.74, 6) is 0. The molecule has 0 unspecified atom stereocenters. The Hall–Kier alpha value is -1.02. The van der Waals surface area contributed by atoms with E-state index in [9.17, 15) is 13.2 Å². The van der Waals surface area contributed by atoms with Crippen molar-refractivity contribution in [1.29, 1.82) is 0 Å². The summed E-state index contributed by atoms with van der Waals surface area (Å²) in [5.41, 5.74) is 0. The average molecular weight is 378 g/mol. The van der Waals surface area contributed by atoms with Crippen LogP contribution in [-0.4, -0.2) is 55.9 Å². The number of carbonyl (C=O) groups is 1. The van der Waals surface area contributed by atoms with Crippen LogP contribution >= 0.6 is 23.2 Å². The zero-order valence-corrected chi connectivity index (χ0v) is 14.7. The van der Waals surface area contributed by atoms with Gasteiger partial charge in [0.2, 0.25) is 10.0 Å². The molecule has 1 saturated carbocycles. The first-order chi connectivity index (χ1) is 10.9. The molecule has 1 saturated heterocycles. The third kappa shape index (κ3) is 3.74. The standard InChI is InChI=1S/C14H17Cl2N3O3S/c15-12-4-3-11(9-13(12)16)23(21,22)19-7-5-18(6-8-19)14(20)17-10-1-2-10/h3-4,9-10H,1-2,5-8H2,(H,17,20). The van der Waals surface area contributed by atoms with Crippen LogP contribution in [0.25, 0.3) is 0 Å².